The highest BCUT2D eigenvalue weighted by Gasteiger charge is 2.64. The van der Waals surface area contributed by atoms with E-state index in [0.29, 0.717) is 17.0 Å². The zero-order valence-electron chi connectivity index (χ0n) is 15.4. The van der Waals surface area contributed by atoms with E-state index in [0.717, 1.165) is 6.29 Å². The lowest BCUT2D eigenvalue weighted by Gasteiger charge is -2.44. The topological polar surface area (TPSA) is 55.8 Å². The highest BCUT2D eigenvalue weighted by atomic mass is 28.2. The molecule has 1 aliphatic rings. The van der Waals surface area contributed by atoms with Crippen LogP contribution in [0, 0.1) is 16.7 Å². The van der Waals surface area contributed by atoms with Gasteiger partial charge in [-0.25, -0.2) is 4.79 Å². The van der Waals surface area contributed by atoms with Crippen molar-refractivity contribution in [1.82, 2.24) is 4.90 Å². The Morgan fingerprint density at radius 3 is 2.05 bits per heavy atom. The average molecular weight is 330 g/mol. The normalized spacial score (nSPS) is 28.7. The average Bonchev–Trinajstić information content (AvgIpc) is 2.54. The van der Waals surface area contributed by atoms with Gasteiger partial charge < -0.3 is 9.16 Å². The van der Waals surface area contributed by atoms with E-state index in [-0.39, 0.29) is 11.3 Å². The quantitative estimate of drug-likeness (QED) is 0.575. The van der Waals surface area contributed by atoms with Crippen molar-refractivity contribution in [2.45, 2.75) is 66.7 Å². The van der Waals surface area contributed by atoms with Crippen LogP contribution in [0.3, 0.4) is 0 Å². The number of hydrogen-bond donors (Lipinski definition) is 0. The summed E-state index contributed by atoms with van der Waals surface area (Å²) in [5, 5.41) is 0. The van der Waals surface area contributed by atoms with Gasteiger partial charge in [-0.05, 0) is 32.1 Å². The van der Waals surface area contributed by atoms with Gasteiger partial charge in [0, 0.05) is 12.0 Å². The first-order valence-electron chi connectivity index (χ1n) is 7.75. The summed E-state index contributed by atoms with van der Waals surface area (Å²) in [5.41, 5.74) is -2.42. The van der Waals surface area contributed by atoms with Crippen molar-refractivity contribution in [2.75, 3.05) is 6.54 Å². The minimum atomic E-state index is -1.25. The van der Waals surface area contributed by atoms with Crippen molar-refractivity contribution in [2.24, 2.45) is 16.7 Å². The van der Waals surface area contributed by atoms with E-state index in [4.69, 9.17) is 9.16 Å². The van der Waals surface area contributed by atoms with Crippen LogP contribution in [0.15, 0.2) is 0 Å². The van der Waals surface area contributed by atoms with Gasteiger partial charge in [0.25, 0.3) is 0 Å². The van der Waals surface area contributed by atoms with Crippen LogP contribution in [-0.2, 0) is 14.0 Å². The monoisotopic (exact) mass is 329 g/mol. The lowest BCUT2D eigenvalue weighted by Crippen LogP contribution is -2.58. The molecular weight excluding hydrogens is 298 g/mol. The van der Waals surface area contributed by atoms with E-state index in [1.807, 2.05) is 34.6 Å². The molecule has 0 aliphatic carbocycles. The largest absolute Gasteiger partial charge is 0.444 e. The molecule has 0 radical (unpaired) electrons. The molecule has 128 valence electrons. The van der Waals surface area contributed by atoms with Gasteiger partial charge in [0.15, 0.2) is 12.0 Å². The van der Waals surface area contributed by atoms with Crippen molar-refractivity contribution >= 4 is 22.9 Å². The molecule has 1 heterocycles. The number of rotatable bonds is 2. The molecule has 0 aromatic heterocycles. The number of ether oxygens (including phenoxy) is 1. The van der Waals surface area contributed by atoms with Crippen molar-refractivity contribution in [3.63, 3.8) is 0 Å². The third-order valence-electron chi connectivity index (χ3n) is 4.69. The van der Waals surface area contributed by atoms with Crippen LogP contribution in [0.2, 0.25) is 0 Å². The zero-order chi connectivity index (χ0) is 17.6. The Kier molecular flexibility index (Phi) is 4.91. The predicted molar refractivity (Wildman–Crippen MR) is 89.5 cm³/mol. The molecule has 0 unspecified atom stereocenters. The van der Waals surface area contributed by atoms with Crippen molar-refractivity contribution in [3.8, 4) is 0 Å². The number of amides is 1. The molecule has 22 heavy (non-hydrogen) atoms. The predicted octanol–water partition coefficient (Wildman–Crippen LogP) is 2.12. The van der Waals surface area contributed by atoms with E-state index in [1.165, 1.54) is 4.90 Å². The second-order valence-electron chi connectivity index (χ2n) is 8.75. The summed E-state index contributed by atoms with van der Waals surface area (Å²) in [4.78, 5) is 26.1. The lowest BCUT2D eigenvalue weighted by atomic mass is 9.64. The summed E-state index contributed by atoms with van der Waals surface area (Å²) in [5.74, 6) is 0.117. The summed E-state index contributed by atoms with van der Waals surface area (Å²) in [7, 11) is 0.359. The van der Waals surface area contributed by atoms with Crippen molar-refractivity contribution in [1.29, 1.82) is 0 Å². The van der Waals surface area contributed by atoms with Crippen LogP contribution in [0.1, 0.15) is 55.4 Å². The number of carbonyl (C=O) groups is 2. The fourth-order valence-corrected chi connectivity index (χ4v) is 4.51. The van der Waals surface area contributed by atoms with Crippen molar-refractivity contribution < 1.29 is 18.8 Å². The Morgan fingerprint density at radius 2 is 1.73 bits per heavy atom. The maximum Gasteiger partial charge on any atom is 0.412 e. The fourth-order valence-electron chi connectivity index (χ4n) is 3.66. The molecule has 0 aromatic rings. The summed E-state index contributed by atoms with van der Waals surface area (Å²) in [6, 6.07) is 0. The van der Waals surface area contributed by atoms with Crippen LogP contribution in [-0.4, -0.2) is 45.6 Å². The molecule has 5 nitrogen and oxygen atoms in total. The van der Waals surface area contributed by atoms with Crippen LogP contribution in [0.4, 0.5) is 4.79 Å². The van der Waals surface area contributed by atoms with Gasteiger partial charge >= 0.3 is 6.09 Å². The van der Waals surface area contributed by atoms with Crippen LogP contribution in [0.5, 0.6) is 0 Å². The number of aldehydes is 1. The van der Waals surface area contributed by atoms with Gasteiger partial charge in [-0.15, -0.1) is 0 Å². The van der Waals surface area contributed by atoms with E-state index in [2.05, 4.69) is 20.8 Å². The lowest BCUT2D eigenvalue weighted by molar-refractivity contribution is -0.152. The first kappa shape index (κ1) is 19.2. The fraction of sp³-hybridized carbons (Fsp3) is 0.875. The Hall–Kier alpha value is -0.883. The maximum atomic E-state index is 12.6. The summed E-state index contributed by atoms with van der Waals surface area (Å²) >= 11 is 0. The molecule has 1 saturated heterocycles. The van der Waals surface area contributed by atoms with E-state index >= 15 is 0 Å². The Balaban J connectivity index is 3.33. The minimum absolute atomic E-state index is 0.0609. The third-order valence-corrected chi connectivity index (χ3v) is 5.31. The summed E-state index contributed by atoms with van der Waals surface area (Å²) in [6.07, 6.45) is 0.283. The van der Waals surface area contributed by atoms with Gasteiger partial charge in [0.2, 0.25) is 0 Å². The molecule has 1 amide bonds. The highest BCUT2D eigenvalue weighted by Crippen LogP contribution is 2.54. The molecule has 1 rings (SSSR count). The van der Waals surface area contributed by atoms with Crippen LogP contribution >= 0.6 is 0 Å². The van der Waals surface area contributed by atoms with Gasteiger partial charge in [-0.1, -0.05) is 34.6 Å². The summed E-state index contributed by atoms with van der Waals surface area (Å²) < 4.78 is 11.2. The van der Waals surface area contributed by atoms with Gasteiger partial charge in [-0.2, -0.15) is 0 Å². The molecule has 0 N–H and O–H groups in total. The maximum absolute atomic E-state index is 12.6. The first-order chi connectivity index (χ1) is 9.73. The standard InChI is InChI=1S/C16H31NO4Si/c1-13(2,3)11-9-17(12(19)20-14(4,5)6)16(10-18,21-22)15(11,7)8/h10-11H,9H2,1-8,22H3/t11-,16-/m1/s1. The smallest absolute Gasteiger partial charge is 0.412 e. The van der Waals surface area contributed by atoms with E-state index < -0.39 is 22.8 Å². The zero-order valence-corrected chi connectivity index (χ0v) is 17.4. The Labute approximate surface area is 137 Å². The second-order valence-corrected chi connectivity index (χ2v) is 9.16. The molecule has 2 atom stereocenters. The van der Waals surface area contributed by atoms with E-state index in [9.17, 15) is 9.59 Å². The van der Waals surface area contributed by atoms with Crippen LogP contribution < -0.4 is 0 Å². The molecule has 0 spiro atoms. The van der Waals surface area contributed by atoms with Gasteiger partial charge in [0.05, 0.1) is 0 Å². The van der Waals surface area contributed by atoms with Crippen LogP contribution in [0.25, 0.3) is 0 Å². The number of carbonyl (C=O) groups excluding carboxylic acids is 2. The highest BCUT2D eigenvalue weighted by molar-refractivity contribution is 6.00. The van der Waals surface area contributed by atoms with Gasteiger partial charge in [0.1, 0.15) is 16.1 Å². The first-order valence-corrected chi connectivity index (χ1v) is 8.56. The third kappa shape index (κ3) is 3.08. The molecule has 0 saturated carbocycles. The number of likely N-dealkylation sites (tertiary alicyclic amines) is 1. The molecule has 6 heteroatoms. The Morgan fingerprint density at radius 1 is 1.23 bits per heavy atom. The molecule has 1 fully saturated rings. The van der Waals surface area contributed by atoms with Gasteiger partial charge in [-0.3, -0.25) is 9.69 Å². The number of hydrogen-bond acceptors (Lipinski definition) is 4. The Bertz CT molecular complexity index is 450. The second kappa shape index (κ2) is 5.64. The molecule has 0 bridgehead atoms. The van der Waals surface area contributed by atoms with E-state index in [1.54, 1.807) is 0 Å². The number of nitrogens with zero attached hydrogens (tertiary/aromatic N) is 1. The molecule has 1 aliphatic heterocycles. The minimum Gasteiger partial charge on any atom is -0.444 e. The summed E-state index contributed by atoms with van der Waals surface area (Å²) in [6.45, 7) is 16.3. The molecule has 0 aromatic carbocycles. The SMILES string of the molecule is CC(C)(C)OC(=O)N1C[C@H](C(C)(C)C)C(C)(C)[C@@]1(C=O)O[SiH3]. The molecular formula is C16H31NO4Si. The van der Waals surface area contributed by atoms with Crippen molar-refractivity contribution in [3.05, 3.63) is 0 Å².